The Bertz CT molecular complexity index is 1210. The number of halogens is 4. The van der Waals surface area contributed by atoms with Gasteiger partial charge in [-0.15, -0.1) is 0 Å². The first-order chi connectivity index (χ1) is 21.8. The summed E-state index contributed by atoms with van der Waals surface area (Å²) in [5, 5.41) is 0. The van der Waals surface area contributed by atoms with Crippen LogP contribution in [0.1, 0.15) is 141 Å². The van der Waals surface area contributed by atoms with Crippen LogP contribution in [0.5, 0.6) is 11.5 Å². The molecule has 0 unspecified atom stereocenters. The summed E-state index contributed by atoms with van der Waals surface area (Å²) in [6.45, 7) is 4.35. The van der Waals surface area contributed by atoms with Crippen LogP contribution in [0.3, 0.4) is 0 Å². The average molecular weight is 631 g/mol. The Morgan fingerprint density at radius 3 is 1.80 bits per heavy atom. The Hall–Kier alpha value is -3.01. The van der Waals surface area contributed by atoms with Gasteiger partial charge in [-0.2, -0.15) is 8.78 Å². The van der Waals surface area contributed by atoms with Gasteiger partial charge in [-0.05, 0) is 62.3 Å². The summed E-state index contributed by atoms with van der Waals surface area (Å²) >= 11 is 0. The van der Waals surface area contributed by atoms with Gasteiger partial charge >= 0.3 is 5.97 Å². The normalized spacial score (nSPS) is 16.2. The van der Waals surface area contributed by atoms with Crippen LogP contribution in [0.2, 0.25) is 0 Å². The van der Waals surface area contributed by atoms with Crippen molar-refractivity contribution < 1.29 is 31.8 Å². The molecule has 3 rings (SSSR count). The van der Waals surface area contributed by atoms with E-state index in [1.165, 1.54) is 82.1 Å². The molecule has 0 heterocycles. The van der Waals surface area contributed by atoms with Crippen molar-refractivity contribution in [3.05, 3.63) is 58.7 Å². The summed E-state index contributed by atoms with van der Waals surface area (Å²) in [5.74, 6) is -2.04. The summed E-state index contributed by atoms with van der Waals surface area (Å²) < 4.78 is 69.3. The van der Waals surface area contributed by atoms with Gasteiger partial charge in [0, 0.05) is 5.56 Å². The van der Waals surface area contributed by atoms with Crippen molar-refractivity contribution in [1.29, 1.82) is 0 Å². The molecule has 2 aromatic carbocycles. The number of unbranched alkanes of at least 4 members (excludes halogenated alkanes) is 11. The van der Waals surface area contributed by atoms with Crippen LogP contribution in [0, 0.1) is 46.9 Å². The predicted octanol–water partition coefficient (Wildman–Crippen LogP) is 11.2. The van der Waals surface area contributed by atoms with Gasteiger partial charge in [0.1, 0.15) is 11.3 Å². The Labute approximate surface area is 267 Å². The Kier molecular flexibility index (Phi) is 16.4. The molecule has 2 aromatic rings. The second-order valence-corrected chi connectivity index (χ2v) is 12.4. The second kappa shape index (κ2) is 20.2. The van der Waals surface area contributed by atoms with Gasteiger partial charge in [-0.1, -0.05) is 109 Å². The highest BCUT2D eigenvalue weighted by atomic mass is 19.2. The molecule has 1 saturated carbocycles. The molecule has 0 amide bonds. The predicted molar refractivity (Wildman–Crippen MR) is 171 cm³/mol. The molecular weight excluding hydrogens is 580 g/mol. The van der Waals surface area contributed by atoms with Crippen molar-refractivity contribution in [3.63, 3.8) is 0 Å². The SMILES string of the molecule is CCCCCCCCCCCCOc1c(F)c(F)c(C#Cc2ccc(OC(=O)C3CCC(CCCCC)CC3)cc2)c(F)c1F. The van der Waals surface area contributed by atoms with Crippen molar-refractivity contribution in [2.75, 3.05) is 6.61 Å². The van der Waals surface area contributed by atoms with E-state index in [-0.39, 0.29) is 18.5 Å². The molecule has 0 aliphatic heterocycles. The summed E-state index contributed by atoms with van der Waals surface area (Å²) in [6, 6.07) is 6.12. The third-order valence-corrected chi connectivity index (χ3v) is 8.77. The number of hydrogen-bond donors (Lipinski definition) is 0. The number of rotatable bonds is 18. The zero-order valence-electron chi connectivity index (χ0n) is 27.1. The lowest BCUT2D eigenvalue weighted by molar-refractivity contribution is -0.140. The number of ether oxygens (including phenoxy) is 2. The first-order valence-corrected chi connectivity index (χ1v) is 17.2. The van der Waals surface area contributed by atoms with Gasteiger partial charge in [0.2, 0.25) is 11.6 Å². The second-order valence-electron chi connectivity index (χ2n) is 12.4. The zero-order chi connectivity index (χ0) is 32.4. The summed E-state index contributed by atoms with van der Waals surface area (Å²) in [5.41, 5.74) is -0.666. The maximum absolute atomic E-state index is 14.7. The van der Waals surface area contributed by atoms with E-state index in [9.17, 15) is 22.4 Å². The molecule has 0 bridgehead atoms. The summed E-state index contributed by atoms with van der Waals surface area (Å²) in [4.78, 5) is 12.7. The van der Waals surface area contributed by atoms with Crippen molar-refractivity contribution in [2.24, 2.45) is 11.8 Å². The van der Waals surface area contributed by atoms with Crippen LogP contribution in [-0.4, -0.2) is 12.6 Å². The van der Waals surface area contributed by atoms with E-state index in [4.69, 9.17) is 9.47 Å². The summed E-state index contributed by atoms with van der Waals surface area (Å²) in [7, 11) is 0. The average Bonchev–Trinajstić information content (AvgIpc) is 3.05. The lowest BCUT2D eigenvalue weighted by atomic mass is 9.80. The van der Waals surface area contributed by atoms with Gasteiger partial charge in [0.25, 0.3) is 0 Å². The Morgan fingerprint density at radius 2 is 1.22 bits per heavy atom. The molecular formula is C38H50F4O3. The quantitative estimate of drug-likeness (QED) is 0.0411. The van der Waals surface area contributed by atoms with Crippen molar-refractivity contribution >= 4 is 5.97 Å². The maximum Gasteiger partial charge on any atom is 0.314 e. The van der Waals surface area contributed by atoms with Crippen LogP contribution in [0.15, 0.2) is 24.3 Å². The van der Waals surface area contributed by atoms with E-state index in [1.54, 1.807) is 0 Å². The molecule has 0 saturated heterocycles. The van der Waals surface area contributed by atoms with E-state index in [1.807, 2.05) is 0 Å². The fourth-order valence-corrected chi connectivity index (χ4v) is 5.92. The largest absolute Gasteiger partial charge is 0.487 e. The van der Waals surface area contributed by atoms with Crippen LogP contribution in [0.4, 0.5) is 17.6 Å². The van der Waals surface area contributed by atoms with Crippen LogP contribution < -0.4 is 9.47 Å². The highest BCUT2D eigenvalue weighted by molar-refractivity contribution is 5.75. The van der Waals surface area contributed by atoms with E-state index in [2.05, 4.69) is 25.7 Å². The highest BCUT2D eigenvalue weighted by Crippen LogP contribution is 2.33. The number of esters is 1. The van der Waals surface area contributed by atoms with Crippen LogP contribution in [-0.2, 0) is 4.79 Å². The van der Waals surface area contributed by atoms with E-state index < -0.39 is 34.6 Å². The van der Waals surface area contributed by atoms with Gasteiger partial charge in [0.05, 0.1) is 12.5 Å². The molecule has 0 N–H and O–H groups in total. The molecule has 7 heteroatoms. The lowest BCUT2D eigenvalue weighted by Crippen LogP contribution is -2.25. The minimum Gasteiger partial charge on any atom is -0.487 e. The highest BCUT2D eigenvalue weighted by Gasteiger charge is 2.28. The number of carbonyl (C=O) groups excluding carboxylic acids is 1. The monoisotopic (exact) mass is 630 g/mol. The molecule has 1 aliphatic rings. The Balaban J connectivity index is 1.47. The van der Waals surface area contributed by atoms with E-state index >= 15 is 0 Å². The maximum atomic E-state index is 14.7. The molecule has 0 radical (unpaired) electrons. The zero-order valence-corrected chi connectivity index (χ0v) is 27.1. The lowest BCUT2D eigenvalue weighted by Gasteiger charge is -2.27. The van der Waals surface area contributed by atoms with E-state index in [0.717, 1.165) is 51.4 Å². The smallest absolute Gasteiger partial charge is 0.314 e. The molecule has 1 aliphatic carbocycles. The third kappa shape index (κ3) is 12.0. The molecule has 0 atom stereocenters. The fourth-order valence-electron chi connectivity index (χ4n) is 5.92. The topological polar surface area (TPSA) is 35.5 Å². The van der Waals surface area contributed by atoms with E-state index in [0.29, 0.717) is 23.7 Å². The van der Waals surface area contributed by atoms with Crippen molar-refractivity contribution in [1.82, 2.24) is 0 Å². The van der Waals surface area contributed by atoms with Crippen LogP contribution >= 0.6 is 0 Å². The molecule has 1 fully saturated rings. The van der Waals surface area contributed by atoms with Gasteiger partial charge in [-0.25, -0.2) is 8.78 Å². The first kappa shape index (κ1) is 36.5. The van der Waals surface area contributed by atoms with Crippen LogP contribution in [0.25, 0.3) is 0 Å². The van der Waals surface area contributed by atoms with Gasteiger partial charge < -0.3 is 9.47 Å². The molecule has 0 aromatic heterocycles. The minimum absolute atomic E-state index is 0.0362. The van der Waals surface area contributed by atoms with Crippen molar-refractivity contribution in [3.8, 4) is 23.3 Å². The number of hydrogen-bond acceptors (Lipinski definition) is 3. The van der Waals surface area contributed by atoms with Gasteiger partial charge in [-0.3, -0.25) is 4.79 Å². The molecule has 0 spiro atoms. The van der Waals surface area contributed by atoms with Crippen molar-refractivity contribution in [2.45, 2.75) is 129 Å². The minimum atomic E-state index is -1.59. The fraction of sp³-hybridized carbons (Fsp3) is 0.605. The number of benzene rings is 2. The first-order valence-electron chi connectivity index (χ1n) is 17.2. The summed E-state index contributed by atoms with van der Waals surface area (Å²) in [6.07, 6.45) is 19.4. The molecule has 248 valence electrons. The van der Waals surface area contributed by atoms with Gasteiger partial charge in [0.15, 0.2) is 17.4 Å². The third-order valence-electron chi connectivity index (χ3n) is 8.77. The number of carbonyl (C=O) groups is 1. The standard InChI is InChI=1S/C38H50F4O3/c1-3-5-7-8-9-10-11-12-13-15-27-44-37-35(41)33(39)32(34(40)36(37)42)26-21-29-19-24-31(25-20-29)45-38(43)30-22-17-28(18-23-30)16-14-6-4-2/h19-20,24-25,28,30H,3-18,22-23,27H2,1-2H3. The molecule has 3 nitrogen and oxygen atoms in total. The Morgan fingerprint density at radius 1 is 0.689 bits per heavy atom. The molecule has 45 heavy (non-hydrogen) atoms.